The standard InChI is InChI=1S/C10H13N3O3/c1-6-9(13-3-2-7(14)5-13)11-4-8(12-6)10(15)16/h4,7,14H,2-3,5H2,1H3,(H,15,16). The van der Waals surface area contributed by atoms with E-state index < -0.39 is 5.97 Å². The highest BCUT2D eigenvalue weighted by Gasteiger charge is 2.23. The van der Waals surface area contributed by atoms with Gasteiger partial charge in [-0.15, -0.1) is 0 Å². The van der Waals surface area contributed by atoms with Crippen LogP contribution in [0.2, 0.25) is 0 Å². The van der Waals surface area contributed by atoms with E-state index in [9.17, 15) is 9.90 Å². The van der Waals surface area contributed by atoms with Crippen molar-refractivity contribution in [1.29, 1.82) is 0 Å². The molecule has 0 aromatic carbocycles. The van der Waals surface area contributed by atoms with E-state index in [4.69, 9.17) is 5.11 Å². The lowest BCUT2D eigenvalue weighted by molar-refractivity contribution is 0.0689. The van der Waals surface area contributed by atoms with E-state index in [-0.39, 0.29) is 11.8 Å². The summed E-state index contributed by atoms with van der Waals surface area (Å²) in [5, 5.41) is 18.2. The molecule has 6 heteroatoms. The van der Waals surface area contributed by atoms with Gasteiger partial charge in [-0.2, -0.15) is 0 Å². The Bertz CT molecular complexity index is 422. The number of aliphatic hydroxyl groups excluding tert-OH is 1. The molecule has 2 heterocycles. The summed E-state index contributed by atoms with van der Waals surface area (Å²) in [4.78, 5) is 20.6. The second-order valence-corrected chi connectivity index (χ2v) is 3.86. The zero-order valence-electron chi connectivity index (χ0n) is 8.92. The molecule has 0 amide bonds. The number of aromatic carboxylic acids is 1. The maximum Gasteiger partial charge on any atom is 0.356 e. The summed E-state index contributed by atoms with van der Waals surface area (Å²) in [6.45, 7) is 2.98. The first-order valence-corrected chi connectivity index (χ1v) is 5.08. The third kappa shape index (κ3) is 1.96. The molecule has 2 rings (SSSR count). The van der Waals surface area contributed by atoms with E-state index in [1.165, 1.54) is 6.20 Å². The van der Waals surface area contributed by atoms with Gasteiger partial charge in [-0.1, -0.05) is 0 Å². The summed E-state index contributed by atoms with van der Waals surface area (Å²) in [6, 6.07) is 0. The average Bonchev–Trinajstić information content (AvgIpc) is 2.64. The van der Waals surface area contributed by atoms with Gasteiger partial charge in [-0.3, -0.25) is 0 Å². The zero-order chi connectivity index (χ0) is 11.7. The van der Waals surface area contributed by atoms with Crippen molar-refractivity contribution >= 4 is 11.8 Å². The smallest absolute Gasteiger partial charge is 0.356 e. The second-order valence-electron chi connectivity index (χ2n) is 3.86. The molecular formula is C10H13N3O3. The molecule has 1 fully saturated rings. The van der Waals surface area contributed by atoms with Crippen molar-refractivity contribution in [3.63, 3.8) is 0 Å². The maximum atomic E-state index is 10.7. The quantitative estimate of drug-likeness (QED) is 0.737. The highest BCUT2D eigenvalue weighted by molar-refractivity contribution is 5.85. The Morgan fingerprint density at radius 2 is 2.38 bits per heavy atom. The summed E-state index contributed by atoms with van der Waals surface area (Å²) in [6.07, 6.45) is 1.62. The number of anilines is 1. The molecule has 2 N–H and O–H groups in total. The molecule has 1 aliphatic rings. The van der Waals surface area contributed by atoms with Crippen LogP contribution < -0.4 is 4.90 Å². The lowest BCUT2D eigenvalue weighted by atomic mass is 10.3. The molecule has 1 aromatic rings. The van der Waals surface area contributed by atoms with E-state index >= 15 is 0 Å². The number of carbonyl (C=O) groups is 1. The monoisotopic (exact) mass is 223 g/mol. The van der Waals surface area contributed by atoms with Crippen molar-refractivity contribution in [1.82, 2.24) is 9.97 Å². The second kappa shape index (κ2) is 4.05. The molecular weight excluding hydrogens is 210 g/mol. The molecule has 1 unspecified atom stereocenters. The Balaban J connectivity index is 2.26. The van der Waals surface area contributed by atoms with E-state index in [1.54, 1.807) is 6.92 Å². The zero-order valence-corrected chi connectivity index (χ0v) is 8.92. The van der Waals surface area contributed by atoms with Gasteiger partial charge in [-0.25, -0.2) is 14.8 Å². The van der Waals surface area contributed by atoms with Crippen molar-refractivity contribution in [3.8, 4) is 0 Å². The topological polar surface area (TPSA) is 86.5 Å². The predicted molar refractivity (Wildman–Crippen MR) is 56.6 cm³/mol. The van der Waals surface area contributed by atoms with Gasteiger partial charge in [0.05, 0.1) is 18.0 Å². The number of hydrogen-bond donors (Lipinski definition) is 2. The summed E-state index contributed by atoms with van der Waals surface area (Å²) in [5.41, 5.74) is 0.523. The van der Waals surface area contributed by atoms with Crippen LogP contribution in [-0.2, 0) is 0 Å². The minimum absolute atomic E-state index is 0.0546. The summed E-state index contributed by atoms with van der Waals surface area (Å²) in [5.74, 6) is -0.426. The summed E-state index contributed by atoms with van der Waals surface area (Å²) < 4.78 is 0. The Hall–Kier alpha value is -1.69. The van der Waals surface area contributed by atoms with Crippen LogP contribution in [0, 0.1) is 6.92 Å². The molecule has 1 aliphatic heterocycles. The van der Waals surface area contributed by atoms with Crippen LogP contribution in [0.5, 0.6) is 0 Å². The van der Waals surface area contributed by atoms with E-state index in [2.05, 4.69) is 9.97 Å². The Labute approximate surface area is 92.6 Å². The highest BCUT2D eigenvalue weighted by atomic mass is 16.4. The van der Waals surface area contributed by atoms with Crippen LogP contribution in [0.3, 0.4) is 0 Å². The third-order valence-corrected chi connectivity index (χ3v) is 2.60. The number of aromatic nitrogens is 2. The molecule has 1 atom stereocenters. The van der Waals surface area contributed by atoms with Crippen molar-refractivity contribution in [3.05, 3.63) is 17.6 Å². The van der Waals surface area contributed by atoms with Crippen LogP contribution in [0.1, 0.15) is 22.6 Å². The first-order valence-electron chi connectivity index (χ1n) is 5.08. The van der Waals surface area contributed by atoms with Gasteiger partial charge in [0.2, 0.25) is 0 Å². The maximum absolute atomic E-state index is 10.7. The summed E-state index contributed by atoms with van der Waals surface area (Å²) in [7, 11) is 0. The van der Waals surface area contributed by atoms with Crippen LogP contribution in [-0.4, -0.2) is 45.3 Å². The van der Waals surface area contributed by atoms with Crippen LogP contribution in [0.25, 0.3) is 0 Å². The molecule has 1 aromatic heterocycles. The number of β-amino-alcohol motifs (C(OH)–C–C–N with tert-alkyl or cyclic N) is 1. The molecule has 0 radical (unpaired) electrons. The fourth-order valence-corrected chi connectivity index (χ4v) is 1.82. The van der Waals surface area contributed by atoms with Crippen molar-refractivity contribution in [2.45, 2.75) is 19.4 Å². The first kappa shape index (κ1) is 10.8. The van der Waals surface area contributed by atoms with E-state index in [0.717, 1.165) is 6.54 Å². The number of rotatable bonds is 2. The van der Waals surface area contributed by atoms with Crippen LogP contribution in [0.15, 0.2) is 6.20 Å². The van der Waals surface area contributed by atoms with Crippen LogP contribution in [0.4, 0.5) is 5.82 Å². The molecule has 0 aliphatic carbocycles. The fourth-order valence-electron chi connectivity index (χ4n) is 1.82. The number of nitrogens with zero attached hydrogens (tertiary/aromatic N) is 3. The van der Waals surface area contributed by atoms with Gasteiger partial charge in [0, 0.05) is 13.1 Å². The molecule has 0 saturated carbocycles. The van der Waals surface area contributed by atoms with Gasteiger partial charge in [0.15, 0.2) is 5.69 Å². The number of carboxylic acids is 1. The molecule has 86 valence electrons. The number of carboxylic acid groups (broad SMARTS) is 1. The van der Waals surface area contributed by atoms with E-state index in [0.29, 0.717) is 24.5 Å². The van der Waals surface area contributed by atoms with Gasteiger partial charge in [0.1, 0.15) is 5.82 Å². The average molecular weight is 223 g/mol. The van der Waals surface area contributed by atoms with Gasteiger partial charge >= 0.3 is 5.97 Å². The van der Waals surface area contributed by atoms with Crippen molar-refractivity contribution < 1.29 is 15.0 Å². The number of aliphatic hydroxyl groups is 1. The number of hydrogen-bond acceptors (Lipinski definition) is 5. The molecule has 1 saturated heterocycles. The molecule has 6 nitrogen and oxygen atoms in total. The van der Waals surface area contributed by atoms with Gasteiger partial charge in [-0.05, 0) is 13.3 Å². The van der Waals surface area contributed by atoms with Gasteiger partial charge in [0.25, 0.3) is 0 Å². The Kier molecular flexibility index (Phi) is 2.74. The Morgan fingerprint density at radius 1 is 1.62 bits per heavy atom. The number of aryl methyl sites for hydroxylation is 1. The minimum atomic E-state index is -1.08. The molecule has 0 spiro atoms. The third-order valence-electron chi connectivity index (χ3n) is 2.60. The largest absolute Gasteiger partial charge is 0.476 e. The van der Waals surface area contributed by atoms with Crippen LogP contribution >= 0.6 is 0 Å². The summed E-state index contributed by atoms with van der Waals surface area (Å²) >= 11 is 0. The lowest BCUT2D eigenvalue weighted by Crippen LogP contribution is -2.24. The van der Waals surface area contributed by atoms with E-state index in [1.807, 2.05) is 4.90 Å². The first-order chi connectivity index (χ1) is 7.58. The normalized spacial score (nSPS) is 20.1. The minimum Gasteiger partial charge on any atom is -0.476 e. The van der Waals surface area contributed by atoms with Crippen molar-refractivity contribution in [2.24, 2.45) is 0 Å². The highest BCUT2D eigenvalue weighted by Crippen LogP contribution is 2.20. The molecule has 0 bridgehead atoms. The lowest BCUT2D eigenvalue weighted by Gasteiger charge is -2.18. The SMILES string of the molecule is Cc1nc(C(=O)O)cnc1N1CCC(O)C1. The van der Waals surface area contributed by atoms with Gasteiger partial charge < -0.3 is 15.1 Å². The fraction of sp³-hybridized carbons (Fsp3) is 0.500. The molecule has 16 heavy (non-hydrogen) atoms. The van der Waals surface area contributed by atoms with Crippen molar-refractivity contribution in [2.75, 3.05) is 18.0 Å². The predicted octanol–water partition coefficient (Wildman–Crippen LogP) is 0.0542. The Morgan fingerprint density at radius 3 is 2.88 bits per heavy atom.